The molecule has 0 aliphatic carbocycles. The highest BCUT2D eigenvalue weighted by Crippen LogP contribution is 2.14. The van der Waals surface area contributed by atoms with Crippen LogP contribution in [0.2, 0.25) is 0 Å². The number of rotatable bonds is 8. The maximum atomic E-state index is 13.2. The number of likely N-dealkylation sites (N-methyl/N-ethyl adjacent to an activating group) is 1. The molecule has 5 heteroatoms. The van der Waals surface area contributed by atoms with Crippen LogP contribution in [0.5, 0.6) is 5.75 Å². The molecule has 0 aromatic heterocycles. The van der Waals surface area contributed by atoms with E-state index in [0.29, 0.717) is 19.7 Å². The molecule has 100 valence electrons. The third-order valence-electron chi connectivity index (χ3n) is 2.59. The van der Waals surface area contributed by atoms with Crippen molar-refractivity contribution >= 4 is 5.97 Å². The van der Waals surface area contributed by atoms with Gasteiger partial charge in [-0.3, -0.25) is 9.69 Å². The molecule has 0 heterocycles. The summed E-state index contributed by atoms with van der Waals surface area (Å²) in [5.74, 6) is -0.971. The minimum atomic E-state index is -0.816. The summed E-state index contributed by atoms with van der Waals surface area (Å²) in [7, 11) is 0. The van der Waals surface area contributed by atoms with Crippen molar-refractivity contribution in [3.63, 3.8) is 0 Å². The summed E-state index contributed by atoms with van der Waals surface area (Å²) in [6, 6.07) is 6.23. The monoisotopic (exact) mass is 255 g/mol. The standard InChI is InChI=1S/C13H18FNO3/c1-2-15(8-7-13(16)17)9-10-18-12-6-4-3-5-11(12)14/h3-6H,2,7-10H2,1H3,(H,16,17). The maximum Gasteiger partial charge on any atom is 0.304 e. The van der Waals surface area contributed by atoms with Crippen LogP contribution < -0.4 is 4.74 Å². The van der Waals surface area contributed by atoms with Gasteiger partial charge in [0.2, 0.25) is 0 Å². The smallest absolute Gasteiger partial charge is 0.304 e. The molecule has 0 fully saturated rings. The average Bonchev–Trinajstić information content (AvgIpc) is 2.35. The second-order valence-corrected chi connectivity index (χ2v) is 3.86. The van der Waals surface area contributed by atoms with E-state index in [2.05, 4.69) is 0 Å². The molecular formula is C13H18FNO3. The Kier molecular flexibility index (Phi) is 6.14. The fraction of sp³-hybridized carbons (Fsp3) is 0.462. The zero-order valence-corrected chi connectivity index (χ0v) is 10.4. The Labute approximate surface area is 106 Å². The maximum absolute atomic E-state index is 13.2. The third-order valence-corrected chi connectivity index (χ3v) is 2.59. The predicted molar refractivity (Wildman–Crippen MR) is 66.3 cm³/mol. The summed E-state index contributed by atoms with van der Waals surface area (Å²) in [4.78, 5) is 12.4. The topological polar surface area (TPSA) is 49.8 Å². The normalized spacial score (nSPS) is 10.6. The summed E-state index contributed by atoms with van der Waals surface area (Å²) in [6.07, 6.45) is 0.105. The molecule has 0 bridgehead atoms. The molecule has 0 saturated heterocycles. The van der Waals surface area contributed by atoms with E-state index in [1.54, 1.807) is 18.2 Å². The number of carbonyl (C=O) groups is 1. The van der Waals surface area contributed by atoms with Crippen molar-refractivity contribution in [3.8, 4) is 5.75 Å². The number of aliphatic carboxylic acids is 1. The molecule has 0 unspecified atom stereocenters. The molecular weight excluding hydrogens is 237 g/mol. The number of benzene rings is 1. The molecule has 0 radical (unpaired) electrons. The second kappa shape index (κ2) is 7.66. The van der Waals surface area contributed by atoms with Crippen molar-refractivity contribution in [1.29, 1.82) is 0 Å². The molecule has 18 heavy (non-hydrogen) atoms. The zero-order valence-electron chi connectivity index (χ0n) is 10.4. The number of carboxylic acid groups (broad SMARTS) is 1. The zero-order chi connectivity index (χ0) is 13.4. The summed E-state index contributed by atoms with van der Waals surface area (Å²) < 4.78 is 18.5. The lowest BCUT2D eigenvalue weighted by Crippen LogP contribution is -2.30. The number of halogens is 1. The van der Waals surface area contributed by atoms with Crippen LogP contribution in [0.3, 0.4) is 0 Å². The van der Waals surface area contributed by atoms with Gasteiger partial charge in [0.05, 0.1) is 6.42 Å². The highest BCUT2D eigenvalue weighted by atomic mass is 19.1. The Morgan fingerprint density at radius 1 is 1.39 bits per heavy atom. The Bertz CT molecular complexity index is 384. The molecule has 4 nitrogen and oxygen atoms in total. The van der Waals surface area contributed by atoms with Crippen LogP contribution in [0.25, 0.3) is 0 Å². The highest BCUT2D eigenvalue weighted by Gasteiger charge is 2.06. The van der Waals surface area contributed by atoms with Crippen LogP contribution in [-0.2, 0) is 4.79 Å². The second-order valence-electron chi connectivity index (χ2n) is 3.86. The largest absolute Gasteiger partial charge is 0.489 e. The van der Waals surface area contributed by atoms with Crippen molar-refractivity contribution < 1.29 is 19.0 Å². The molecule has 1 aromatic rings. The van der Waals surface area contributed by atoms with Gasteiger partial charge in [-0.05, 0) is 18.7 Å². The van der Waals surface area contributed by atoms with Crippen LogP contribution in [0, 0.1) is 5.82 Å². The molecule has 0 aliphatic heterocycles. The lowest BCUT2D eigenvalue weighted by atomic mass is 10.3. The first-order valence-electron chi connectivity index (χ1n) is 5.95. The van der Waals surface area contributed by atoms with Gasteiger partial charge >= 0.3 is 5.97 Å². The van der Waals surface area contributed by atoms with Crippen LogP contribution in [0.4, 0.5) is 4.39 Å². The molecule has 1 rings (SSSR count). The van der Waals surface area contributed by atoms with E-state index in [4.69, 9.17) is 9.84 Å². The molecule has 0 amide bonds. The Hall–Kier alpha value is -1.62. The fourth-order valence-electron chi connectivity index (χ4n) is 1.53. The number of para-hydroxylation sites is 1. The summed E-state index contributed by atoms with van der Waals surface area (Å²) >= 11 is 0. The first-order valence-corrected chi connectivity index (χ1v) is 5.95. The van der Waals surface area contributed by atoms with Crippen molar-refractivity contribution in [2.75, 3.05) is 26.2 Å². The Morgan fingerprint density at radius 2 is 2.11 bits per heavy atom. The van der Waals surface area contributed by atoms with Gasteiger partial charge in [-0.1, -0.05) is 19.1 Å². The minimum absolute atomic E-state index is 0.105. The van der Waals surface area contributed by atoms with Gasteiger partial charge in [0.15, 0.2) is 11.6 Å². The first-order chi connectivity index (χ1) is 8.63. The van der Waals surface area contributed by atoms with Crippen LogP contribution in [0.15, 0.2) is 24.3 Å². The van der Waals surface area contributed by atoms with Crippen LogP contribution in [0.1, 0.15) is 13.3 Å². The van der Waals surface area contributed by atoms with E-state index >= 15 is 0 Å². The van der Waals surface area contributed by atoms with Gasteiger partial charge in [0.1, 0.15) is 6.61 Å². The SMILES string of the molecule is CCN(CCOc1ccccc1F)CCC(=O)O. The number of carboxylic acids is 1. The van der Waals surface area contributed by atoms with E-state index in [1.807, 2.05) is 11.8 Å². The lowest BCUT2D eigenvalue weighted by Gasteiger charge is -2.19. The number of nitrogens with zero attached hydrogens (tertiary/aromatic N) is 1. The molecule has 0 atom stereocenters. The Balaban J connectivity index is 2.31. The lowest BCUT2D eigenvalue weighted by molar-refractivity contribution is -0.137. The number of ether oxygens (including phenoxy) is 1. The van der Waals surface area contributed by atoms with Gasteiger partial charge in [0, 0.05) is 13.1 Å². The van der Waals surface area contributed by atoms with E-state index in [1.165, 1.54) is 6.07 Å². The summed E-state index contributed by atoms with van der Waals surface area (Å²) in [6.45, 7) is 4.10. The number of hydrogen-bond acceptors (Lipinski definition) is 3. The molecule has 1 aromatic carbocycles. The minimum Gasteiger partial charge on any atom is -0.489 e. The predicted octanol–water partition coefficient (Wildman–Crippen LogP) is 2.00. The molecule has 0 aliphatic rings. The molecule has 0 saturated carbocycles. The van der Waals surface area contributed by atoms with Crippen LogP contribution >= 0.6 is 0 Å². The van der Waals surface area contributed by atoms with E-state index < -0.39 is 5.97 Å². The summed E-state index contributed by atoms with van der Waals surface area (Å²) in [5, 5.41) is 8.59. The van der Waals surface area contributed by atoms with Crippen molar-refractivity contribution in [3.05, 3.63) is 30.1 Å². The van der Waals surface area contributed by atoms with Crippen molar-refractivity contribution in [2.24, 2.45) is 0 Å². The fourth-order valence-corrected chi connectivity index (χ4v) is 1.53. The van der Waals surface area contributed by atoms with Gasteiger partial charge in [-0.15, -0.1) is 0 Å². The van der Waals surface area contributed by atoms with Gasteiger partial charge in [0.25, 0.3) is 0 Å². The molecule has 1 N–H and O–H groups in total. The quantitative estimate of drug-likeness (QED) is 0.772. The highest BCUT2D eigenvalue weighted by molar-refractivity contribution is 5.66. The average molecular weight is 255 g/mol. The first kappa shape index (κ1) is 14.4. The third kappa shape index (κ3) is 5.14. The summed E-state index contributed by atoms with van der Waals surface area (Å²) in [5.41, 5.74) is 0. The Morgan fingerprint density at radius 3 is 2.72 bits per heavy atom. The van der Waals surface area contributed by atoms with E-state index in [0.717, 1.165) is 6.54 Å². The van der Waals surface area contributed by atoms with E-state index in [-0.39, 0.29) is 18.0 Å². The van der Waals surface area contributed by atoms with Crippen molar-refractivity contribution in [1.82, 2.24) is 4.90 Å². The van der Waals surface area contributed by atoms with Crippen LogP contribution in [-0.4, -0.2) is 42.2 Å². The van der Waals surface area contributed by atoms with Gasteiger partial charge in [-0.2, -0.15) is 0 Å². The number of hydrogen-bond donors (Lipinski definition) is 1. The van der Waals surface area contributed by atoms with E-state index in [9.17, 15) is 9.18 Å². The molecule has 0 spiro atoms. The van der Waals surface area contributed by atoms with Crippen molar-refractivity contribution in [2.45, 2.75) is 13.3 Å². The van der Waals surface area contributed by atoms with Gasteiger partial charge < -0.3 is 9.84 Å². The van der Waals surface area contributed by atoms with Gasteiger partial charge in [-0.25, -0.2) is 4.39 Å².